The lowest BCUT2D eigenvalue weighted by Crippen LogP contribution is -2.28. The van der Waals surface area contributed by atoms with Gasteiger partial charge in [-0.1, -0.05) is 36.4 Å². The van der Waals surface area contributed by atoms with Gasteiger partial charge in [0.15, 0.2) is 11.5 Å². The van der Waals surface area contributed by atoms with Crippen LogP contribution in [0.4, 0.5) is 0 Å². The molecule has 0 aliphatic rings. The van der Waals surface area contributed by atoms with Crippen molar-refractivity contribution >= 4 is 5.97 Å². The molecule has 0 bridgehead atoms. The first-order valence-electron chi connectivity index (χ1n) is 8.05. The third-order valence-electron chi connectivity index (χ3n) is 3.50. The van der Waals surface area contributed by atoms with Crippen molar-refractivity contribution in [1.82, 2.24) is 5.32 Å². The van der Waals surface area contributed by atoms with Crippen molar-refractivity contribution in [1.29, 1.82) is 0 Å². The molecule has 0 amide bonds. The Kier molecular flexibility index (Phi) is 6.63. The highest BCUT2D eigenvalue weighted by molar-refractivity contribution is 5.75. The van der Waals surface area contributed by atoms with Gasteiger partial charge in [-0.15, -0.1) is 0 Å². The molecule has 2 rings (SSSR count). The molecule has 0 aromatic heterocycles. The quantitative estimate of drug-likeness (QED) is 0.738. The van der Waals surface area contributed by atoms with E-state index in [-0.39, 0.29) is 0 Å². The zero-order valence-corrected chi connectivity index (χ0v) is 14.0. The minimum Gasteiger partial charge on any atom is -0.490 e. The molecule has 2 aromatic rings. The summed E-state index contributed by atoms with van der Waals surface area (Å²) in [6, 6.07) is 14.0. The van der Waals surface area contributed by atoms with Gasteiger partial charge in [0, 0.05) is 6.54 Å². The monoisotopic (exact) mass is 329 g/mol. The summed E-state index contributed by atoms with van der Waals surface area (Å²) in [4.78, 5) is 11.5. The van der Waals surface area contributed by atoms with Crippen LogP contribution in [-0.4, -0.2) is 24.3 Å². The zero-order valence-electron chi connectivity index (χ0n) is 14.0. The molecule has 1 atom stereocenters. The number of benzene rings is 2. The molecule has 0 saturated heterocycles. The Bertz CT molecular complexity index is 658. The molecule has 128 valence electrons. The number of hydrogen-bond donors (Lipinski definition) is 2. The fourth-order valence-corrected chi connectivity index (χ4v) is 2.42. The van der Waals surface area contributed by atoms with Crippen molar-refractivity contribution < 1.29 is 19.4 Å². The van der Waals surface area contributed by atoms with E-state index in [4.69, 9.17) is 9.47 Å². The van der Waals surface area contributed by atoms with Crippen LogP contribution >= 0.6 is 0 Å². The van der Waals surface area contributed by atoms with E-state index in [9.17, 15) is 9.90 Å². The largest absolute Gasteiger partial charge is 0.490 e. The molecule has 0 aliphatic heterocycles. The molecule has 24 heavy (non-hydrogen) atoms. The maximum absolute atomic E-state index is 11.5. The second-order valence-electron chi connectivity index (χ2n) is 5.21. The highest BCUT2D eigenvalue weighted by Gasteiger charge is 2.19. The maximum Gasteiger partial charge on any atom is 0.325 e. The zero-order chi connectivity index (χ0) is 17.4. The van der Waals surface area contributed by atoms with E-state index in [0.29, 0.717) is 31.3 Å². The van der Waals surface area contributed by atoms with E-state index in [0.717, 1.165) is 11.1 Å². The van der Waals surface area contributed by atoms with Crippen LogP contribution in [0.15, 0.2) is 48.5 Å². The number of hydrogen-bond acceptors (Lipinski definition) is 4. The predicted octanol–water partition coefficient (Wildman–Crippen LogP) is 3.40. The molecular weight excluding hydrogens is 306 g/mol. The Morgan fingerprint density at radius 2 is 1.71 bits per heavy atom. The van der Waals surface area contributed by atoms with Gasteiger partial charge in [0.05, 0.1) is 13.2 Å². The number of nitrogens with one attached hydrogen (secondary N) is 1. The molecule has 0 heterocycles. The molecule has 0 radical (unpaired) electrons. The third-order valence-corrected chi connectivity index (χ3v) is 3.50. The molecule has 5 heteroatoms. The topological polar surface area (TPSA) is 67.8 Å². The first-order valence-corrected chi connectivity index (χ1v) is 8.05. The van der Waals surface area contributed by atoms with Gasteiger partial charge >= 0.3 is 5.97 Å². The van der Waals surface area contributed by atoms with Gasteiger partial charge in [0.1, 0.15) is 6.04 Å². The third kappa shape index (κ3) is 4.73. The Hall–Kier alpha value is -2.53. The van der Waals surface area contributed by atoms with E-state index >= 15 is 0 Å². The van der Waals surface area contributed by atoms with Crippen molar-refractivity contribution in [3.8, 4) is 11.5 Å². The Balaban J connectivity index is 2.12. The lowest BCUT2D eigenvalue weighted by Gasteiger charge is -2.16. The molecule has 2 aromatic carbocycles. The summed E-state index contributed by atoms with van der Waals surface area (Å²) < 4.78 is 11.1. The van der Waals surface area contributed by atoms with Crippen LogP contribution in [-0.2, 0) is 11.3 Å². The van der Waals surface area contributed by atoms with Crippen LogP contribution in [0.2, 0.25) is 0 Å². The van der Waals surface area contributed by atoms with E-state index in [2.05, 4.69) is 5.32 Å². The van der Waals surface area contributed by atoms with E-state index in [1.165, 1.54) is 0 Å². The number of ether oxygens (including phenoxy) is 2. The molecule has 5 nitrogen and oxygen atoms in total. The minimum atomic E-state index is -0.905. The maximum atomic E-state index is 11.5. The standard InChI is InChI=1S/C19H23NO4/c1-3-23-16-11-10-14(12-17(16)24-4-2)13-20-18(19(21)22)15-8-6-5-7-9-15/h5-12,18,20H,3-4,13H2,1-2H3,(H,21,22)/t18-/m1/s1. The average Bonchev–Trinajstić information content (AvgIpc) is 2.58. The second-order valence-corrected chi connectivity index (χ2v) is 5.21. The summed E-state index contributed by atoms with van der Waals surface area (Å²) in [5.74, 6) is 0.461. The van der Waals surface area contributed by atoms with Crippen LogP contribution in [0.3, 0.4) is 0 Å². The van der Waals surface area contributed by atoms with Gasteiger partial charge in [0.25, 0.3) is 0 Å². The van der Waals surface area contributed by atoms with Crippen LogP contribution in [0.1, 0.15) is 31.0 Å². The highest BCUT2D eigenvalue weighted by atomic mass is 16.5. The summed E-state index contributed by atoms with van der Waals surface area (Å²) >= 11 is 0. The summed E-state index contributed by atoms with van der Waals surface area (Å²) in [6.07, 6.45) is 0. The average molecular weight is 329 g/mol. The van der Waals surface area contributed by atoms with E-state index < -0.39 is 12.0 Å². The van der Waals surface area contributed by atoms with Crippen molar-refractivity contribution in [2.75, 3.05) is 13.2 Å². The first kappa shape index (κ1) is 17.8. The van der Waals surface area contributed by atoms with Gasteiger partial charge in [-0.2, -0.15) is 0 Å². The van der Waals surface area contributed by atoms with Gasteiger partial charge in [-0.25, -0.2) is 0 Å². The summed E-state index contributed by atoms with van der Waals surface area (Å²) in [7, 11) is 0. The van der Waals surface area contributed by atoms with Crippen molar-refractivity contribution in [3.05, 3.63) is 59.7 Å². The lowest BCUT2D eigenvalue weighted by molar-refractivity contribution is -0.139. The molecule has 2 N–H and O–H groups in total. The smallest absolute Gasteiger partial charge is 0.325 e. The van der Waals surface area contributed by atoms with Gasteiger partial charge in [-0.3, -0.25) is 10.1 Å². The number of aliphatic carboxylic acids is 1. The van der Waals surface area contributed by atoms with E-state index in [1.807, 2.05) is 50.2 Å². The summed E-state index contributed by atoms with van der Waals surface area (Å²) in [5.41, 5.74) is 1.66. The molecule has 0 unspecified atom stereocenters. The van der Waals surface area contributed by atoms with E-state index in [1.54, 1.807) is 12.1 Å². The molecule has 0 spiro atoms. The van der Waals surface area contributed by atoms with Crippen molar-refractivity contribution in [2.45, 2.75) is 26.4 Å². The fourth-order valence-electron chi connectivity index (χ4n) is 2.42. The van der Waals surface area contributed by atoms with Crippen LogP contribution in [0.5, 0.6) is 11.5 Å². The predicted molar refractivity (Wildman–Crippen MR) is 92.4 cm³/mol. The normalized spacial score (nSPS) is 11.8. The SMILES string of the molecule is CCOc1ccc(CN[C@@H](C(=O)O)c2ccccc2)cc1OCC. The molecule has 0 fully saturated rings. The Labute approximate surface area is 142 Å². The molecule has 0 saturated carbocycles. The van der Waals surface area contributed by atoms with Crippen molar-refractivity contribution in [3.63, 3.8) is 0 Å². The highest BCUT2D eigenvalue weighted by Crippen LogP contribution is 2.28. The summed E-state index contributed by atoms with van der Waals surface area (Å²) in [5, 5.41) is 12.5. The lowest BCUT2D eigenvalue weighted by atomic mass is 10.1. The van der Waals surface area contributed by atoms with Crippen LogP contribution in [0, 0.1) is 0 Å². The minimum absolute atomic E-state index is 0.415. The van der Waals surface area contributed by atoms with Crippen LogP contribution in [0.25, 0.3) is 0 Å². The molecular formula is C19H23NO4. The fraction of sp³-hybridized carbons (Fsp3) is 0.316. The number of carbonyl (C=O) groups is 1. The van der Waals surface area contributed by atoms with Crippen LogP contribution < -0.4 is 14.8 Å². The Morgan fingerprint density at radius 1 is 1.04 bits per heavy atom. The van der Waals surface area contributed by atoms with Crippen molar-refractivity contribution in [2.24, 2.45) is 0 Å². The second kappa shape index (κ2) is 8.93. The van der Waals surface area contributed by atoms with Gasteiger partial charge in [0.2, 0.25) is 0 Å². The number of carboxylic acid groups (broad SMARTS) is 1. The number of carboxylic acids is 1. The number of rotatable bonds is 9. The Morgan fingerprint density at radius 3 is 2.33 bits per heavy atom. The summed E-state index contributed by atoms with van der Waals surface area (Å²) in [6.45, 7) is 5.35. The first-order chi connectivity index (χ1) is 11.7. The molecule has 0 aliphatic carbocycles. The van der Waals surface area contributed by atoms with Gasteiger partial charge in [-0.05, 0) is 37.1 Å². The van der Waals surface area contributed by atoms with Gasteiger partial charge < -0.3 is 14.6 Å².